The van der Waals surface area contributed by atoms with Crippen molar-refractivity contribution in [1.82, 2.24) is 9.80 Å². The van der Waals surface area contributed by atoms with Gasteiger partial charge in [0.2, 0.25) is 11.8 Å². The summed E-state index contributed by atoms with van der Waals surface area (Å²) in [6, 6.07) is 0. The molecule has 1 N–H and O–H groups in total. The highest BCUT2D eigenvalue weighted by Gasteiger charge is 2.47. The molecule has 7 heteroatoms. The Labute approximate surface area is 115 Å². The fraction of sp³-hybridized carbons (Fsp3) is 0.583. The number of β-lactam (4-membered cyclic amide) rings is 1. The molecule has 2 heterocycles. The standard InChI is InChI=1S/C12H16N2O4S/c1-7(15)13(2)5-3-4-8-11(12(17)18)14-9(16)6-10(14)19-8/h10H,3-6H2,1-2H3,(H,17,18)/t10-/m1/s1. The average molecular weight is 284 g/mol. The fourth-order valence-corrected chi connectivity index (χ4v) is 3.58. The molecule has 0 aromatic heterocycles. The molecule has 1 atom stereocenters. The van der Waals surface area contributed by atoms with E-state index in [1.54, 1.807) is 11.9 Å². The van der Waals surface area contributed by atoms with E-state index in [1.165, 1.54) is 23.6 Å². The maximum absolute atomic E-state index is 11.4. The number of carboxylic acid groups (broad SMARTS) is 1. The number of hydrogen-bond donors (Lipinski definition) is 1. The molecular formula is C12H16N2O4S. The van der Waals surface area contributed by atoms with Crippen LogP contribution in [-0.2, 0) is 14.4 Å². The molecule has 0 aromatic rings. The number of carbonyl (C=O) groups is 3. The Bertz CT molecular complexity index is 474. The van der Waals surface area contributed by atoms with E-state index < -0.39 is 5.97 Å². The monoisotopic (exact) mass is 284 g/mol. The summed E-state index contributed by atoms with van der Waals surface area (Å²) in [5.74, 6) is -1.17. The number of carbonyl (C=O) groups excluding carboxylic acids is 2. The zero-order valence-corrected chi connectivity index (χ0v) is 11.7. The minimum absolute atomic E-state index is 0.00879. The Kier molecular flexibility index (Phi) is 3.84. The molecule has 0 unspecified atom stereocenters. The number of carboxylic acids is 1. The van der Waals surface area contributed by atoms with Crippen molar-refractivity contribution in [2.75, 3.05) is 13.6 Å². The highest BCUT2D eigenvalue weighted by molar-refractivity contribution is 8.04. The summed E-state index contributed by atoms with van der Waals surface area (Å²) in [7, 11) is 1.72. The molecule has 104 valence electrons. The van der Waals surface area contributed by atoms with Crippen molar-refractivity contribution in [3.63, 3.8) is 0 Å². The van der Waals surface area contributed by atoms with Gasteiger partial charge in [-0.05, 0) is 12.8 Å². The van der Waals surface area contributed by atoms with E-state index in [4.69, 9.17) is 0 Å². The summed E-state index contributed by atoms with van der Waals surface area (Å²) in [6.45, 7) is 2.09. The lowest BCUT2D eigenvalue weighted by Gasteiger charge is -2.33. The number of hydrogen-bond acceptors (Lipinski definition) is 4. The first kappa shape index (κ1) is 13.9. The average Bonchev–Trinajstić information content (AvgIpc) is 2.61. The first-order chi connectivity index (χ1) is 8.91. The fourth-order valence-electron chi connectivity index (χ4n) is 2.14. The van der Waals surface area contributed by atoms with Crippen molar-refractivity contribution >= 4 is 29.5 Å². The molecule has 2 aliphatic rings. The third kappa shape index (κ3) is 2.60. The van der Waals surface area contributed by atoms with Crippen molar-refractivity contribution in [2.24, 2.45) is 0 Å². The van der Waals surface area contributed by atoms with Crippen LogP contribution in [0.25, 0.3) is 0 Å². The van der Waals surface area contributed by atoms with Gasteiger partial charge in [-0.25, -0.2) is 4.79 Å². The highest BCUT2D eigenvalue weighted by atomic mass is 32.2. The summed E-state index contributed by atoms with van der Waals surface area (Å²) >= 11 is 1.46. The number of fused-ring (bicyclic) bond motifs is 1. The van der Waals surface area contributed by atoms with Crippen LogP contribution in [0.4, 0.5) is 0 Å². The van der Waals surface area contributed by atoms with Gasteiger partial charge in [0, 0.05) is 25.4 Å². The minimum Gasteiger partial charge on any atom is -0.477 e. The molecule has 0 saturated carbocycles. The van der Waals surface area contributed by atoms with E-state index in [0.717, 1.165) is 4.91 Å². The van der Waals surface area contributed by atoms with E-state index in [0.29, 0.717) is 25.8 Å². The first-order valence-corrected chi connectivity index (χ1v) is 6.96. The second-order valence-electron chi connectivity index (χ2n) is 4.66. The lowest BCUT2D eigenvalue weighted by Crippen LogP contribution is -2.48. The van der Waals surface area contributed by atoms with E-state index in [-0.39, 0.29) is 22.9 Å². The zero-order chi connectivity index (χ0) is 14.2. The molecule has 2 aliphatic heterocycles. The van der Waals surface area contributed by atoms with Gasteiger partial charge < -0.3 is 10.0 Å². The van der Waals surface area contributed by atoms with Gasteiger partial charge in [-0.3, -0.25) is 14.5 Å². The van der Waals surface area contributed by atoms with E-state index in [9.17, 15) is 19.5 Å². The molecule has 0 radical (unpaired) electrons. The Morgan fingerprint density at radius 1 is 1.53 bits per heavy atom. The molecule has 2 amide bonds. The smallest absolute Gasteiger partial charge is 0.353 e. The largest absolute Gasteiger partial charge is 0.477 e. The summed E-state index contributed by atoms with van der Waals surface area (Å²) in [6.07, 6.45) is 1.70. The Morgan fingerprint density at radius 3 is 2.74 bits per heavy atom. The van der Waals surface area contributed by atoms with Crippen LogP contribution < -0.4 is 0 Å². The van der Waals surface area contributed by atoms with Crippen LogP contribution in [0.15, 0.2) is 10.6 Å². The molecule has 19 heavy (non-hydrogen) atoms. The molecule has 2 rings (SSSR count). The van der Waals surface area contributed by atoms with Crippen LogP contribution in [0.2, 0.25) is 0 Å². The minimum atomic E-state index is -1.04. The lowest BCUT2D eigenvalue weighted by molar-refractivity contribution is -0.145. The van der Waals surface area contributed by atoms with Crippen molar-refractivity contribution in [3.05, 3.63) is 10.6 Å². The Morgan fingerprint density at radius 2 is 2.21 bits per heavy atom. The predicted octanol–water partition coefficient (Wildman–Crippen LogP) is 0.846. The number of allylic oxidation sites excluding steroid dienone is 1. The van der Waals surface area contributed by atoms with Crippen molar-refractivity contribution in [1.29, 1.82) is 0 Å². The van der Waals surface area contributed by atoms with E-state index in [1.807, 2.05) is 0 Å². The van der Waals surface area contributed by atoms with Crippen molar-refractivity contribution < 1.29 is 19.5 Å². The predicted molar refractivity (Wildman–Crippen MR) is 70.0 cm³/mol. The summed E-state index contributed by atoms with van der Waals surface area (Å²) in [4.78, 5) is 37.4. The second kappa shape index (κ2) is 5.24. The SMILES string of the molecule is CC(=O)N(C)CCCC1=C(C(=O)O)N2C(=O)C[C@H]2S1. The molecule has 0 aromatic carbocycles. The summed E-state index contributed by atoms with van der Waals surface area (Å²) < 4.78 is 0. The number of rotatable bonds is 5. The maximum Gasteiger partial charge on any atom is 0.353 e. The van der Waals surface area contributed by atoms with Crippen LogP contribution in [-0.4, -0.2) is 51.7 Å². The van der Waals surface area contributed by atoms with Gasteiger partial charge >= 0.3 is 5.97 Å². The molecular weight excluding hydrogens is 268 g/mol. The van der Waals surface area contributed by atoms with Crippen molar-refractivity contribution in [3.8, 4) is 0 Å². The van der Waals surface area contributed by atoms with Gasteiger partial charge in [-0.1, -0.05) is 0 Å². The van der Waals surface area contributed by atoms with Gasteiger partial charge in [-0.15, -0.1) is 11.8 Å². The number of aliphatic carboxylic acids is 1. The summed E-state index contributed by atoms with van der Waals surface area (Å²) in [5.41, 5.74) is 0.136. The quantitative estimate of drug-likeness (QED) is 0.757. The zero-order valence-electron chi connectivity index (χ0n) is 10.9. The second-order valence-corrected chi connectivity index (χ2v) is 5.93. The van der Waals surface area contributed by atoms with Crippen LogP contribution in [0.1, 0.15) is 26.2 Å². The van der Waals surface area contributed by atoms with Crippen LogP contribution in [0.5, 0.6) is 0 Å². The van der Waals surface area contributed by atoms with Gasteiger partial charge in [0.25, 0.3) is 0 Å². The normalized spacial score (nSPS) is 21.3. The van der Waals surface area contributed by atoms with Crippen molar-refractivity contribution in [2.45, 2.75) is 31.6 Å². The number of nitrogens with zero attached hydrogens (tertiary/aromatic N) is 2. The Balaban J connectivity index is 1.98. The molecule has 0 spiro atoms. The van der Waals surface area contributed by atoms with E-state index in [2.05, 4.69) is 0 Å². The van der Waals surface area contributed by atoms with Gasteiger partial charge in [0.15, 0.2) is 0 Å². The van der Waals surface area contributed by atoms with Crippen LogP contribution >= 0.6 is 11.8 Å². The van der Waals surface area contributed by atoms with Crippen LogP contribution in [0, 0.1) is 0 Å². The van der Waals surface area contributed by atoms with Crippen LogP contribution in [0.3, 0.4) is 0 Å². The van der Waals surface area contributed by atoms with E-state index >= 15 is 0 Å². The molecule has 1 fully saturated rings. The Hall–Kier alpha value is -1.50. The topological polar surface area (TPSA) is 77.9 Å². The highest BCUT2D eigenvalue weighted by Crippen LogP contribution is 2.47. The van der Waals surface area contributed by atoms with Gasteiger partial charge in [0.1, 0.15) is 5.70 Å². The molecule has 0 bridgehead atoms. The third-order valence-corrected chi connectivity index (χ3v) is 4.66. The third-order valence-electron chi connectivity index (χ3n) is 3.33. The maximum atomic E-state index is 11.4. The molecule has 6 nitrogen and oxygen atoms in total. The van der Waals surface area contributed by atoms with Gasteiger partial charge in [0.05, 0.1) is 11.8 Å². The molecule has 1 saturated heterocycles. The number of thioether (sulfide) groups is 1. The summed E-state index contributed by atoms with van der Waals surface area (Å²) in [5, 5.41) is 9.16. The van der Waals surface area contributed by atoms with Gasteiger partial charge in [-0.2, -0.15) is 0 Å². The molecule has 0 aliphatic carbocycles. The lowest BCUT2D eigenvalue weighted by atomic mass is 10.1. The first-order valence-electron chi connectivity index (χ1n) is 6.08. The number of amides is 2.